The van der Waals surface area contributed by atoms with Gasteiger partial charge in [0.25, 0.3) is 0 Å². The molecule has 0 atom stereocenters. The molecule has 0 radical (unpaired) electrons. The Labute approximate surface area is 86.6 Å². The van der Waals surface area contributed by atoms with E-state index >= 15 is 0 Å². The topological polar surface area (TPSA) is 46.5 Å². The van der Waals surface area contributed by atoms with Crippen molar-refractivity contribution in [3.8, 4) is 11.3 Å². The van der Waals surface area contributed by atoms with Gasteiger partial charge in [-0.15, -0.1) is 0 Å². The molecule has 1 N–H and O–H groups in total. The van der Waals surface area contributed by atoms with E-state index in [2.05, 4.69) is 15.3 Å². The van der Waals surface area contributed by atoms with Gasteiger partial charge in [0.1, 0.15) is 4.64 Å². The van der Waals surface area contributed by atoms with E-state index in [1.165, 1.54) is 0 Å². The van der Waals surface area contributed by atoms with Gasteiger partial charge in [0.2, 0.25) is 0 Å². The van der Waals surface area contributed by atoms with Gasteiger partial charge in [0.15, 0.2) is 0 Å². The van der Waals surface area contributed by atoms with Crippen LogP contribution >= 0.6 is 12.2 Å². The van der Waals surface area contributed by atoms with Crippen LogP contribution in [0.1, 0.15) is 6.92 Å². The fourth-order valence-corrected chi connectivity index (χ4v) is 1.29. The number of hydrogen-bond donors (Lipinski definition) is 1. The fourth-order valence-electron chi connectivity index (χ4n) is 1.17. The number of aromatic nitrogens is 4. The van der Waals surface area contributed by atoms with Crippen molar-refractivity contribution in [2.24, 2.45) is 0 Å². The molecule has 14 heavy (non-hydrogen) atoms. The summed E-state index contributed by atoms with van der Waals surface area (Å²) in [6, 6.07) is 3.71. The molecule has 5 heteroatoms. The van der Waals surface area contributed by atoms with E-state index in [1.54, 1.807) is 6.20 Å². The number of nitrogens with zero attached hydrogens (tertiary/aromatic N) is 3. The van der Waals surface area contributed by atoms with Crippen molar-refractivity contribution in [1.29, 1.82) is 0 Å². The Kier molecular flexibility index (Phi) is 2.41. The number of rotatable bonds is 2. The zero-order chi connectivity index (χ0) is 9.97. The summed E-state index contributed by atoms with van der Waals surface area (Å²) in [6.07, 6.45) is 3.75. The molecule has 0 unspecified atom stereocenters. The third-order valence-corrected chi connectivity index (χ3v) is 2.16. The van der Waals surface area contributed by atoms with Crippen LogP contribution in [0.5, 0.6) is 0 Å². The standard InChI is InChI=1S/C9H10N4S/c1-2-13-6-7(5-10-13)8-3-4-9(14)12-11-8/h3-6H,2H2,1H3,(H,12,14). The van der Waals surface area contributed by atoms with Gasteiger partial charge >= 0.3 is 0 Å². The first-order valence-corrected chi connectivity index (χ1v) is 4.79. The first-order valence-electron chi connectivity index (χ1n) is 4.38. The molecule has 0 aliphatic carbocycles. The van der Waals surface area contributed by atoms with Gasteiger partial charge in [0, 0.05) is 18.3 Å². The minimum absolute atomic E-state index is 0.636. The lowest BCUT2D eigenvalue weighted by Crippen LogP contribution is -1.92. The maximum Gasteiger partial charge on any atom is 0.119 e. The molecule has 2 rings (SSSR count). The highest BCUT2D eigenvalue weighted by Crippen LogP contribution is 2.13. The highest BCUT2D eigenvalue weighted by Gasteiger charge is 2.01. The average Bonchev–Trinajstić information content (AvgIpc) is 2.67. The van der Waals surface area contributed by atoms with E-state index in [0.717, 1.165) is 17.8 Å². The molecular weight excluding hydrogens is 196 g/mol. The van der Waals surface area contributed by atoms with Gasteiger partial charge in [0.05, 0.1) is 11.9 Å². The maximum atomic E-state index is 4.91. The number of H-pyrrole nitrogens is 1. The third-order valence-electron chi connectivity index (χ3n) is 1.93. The van der Waals surface area contributed by atoms with Crippen molar-refractivity contribution in [3.05, 3.63) is 29.2 Å². The molecule has 0 aliphatic rings. The summed E-state index contributed by atoms with van der Waals surface area (Å²) < 4.78 is 2.50. The number of aryl methyl sites for hydroxylation is 1. The molecular formula is C9H10N4S. The van der Waals surface area contributed by atoms with Crippen LogP contribution in [0.3, 0.4) is 0 Å². The SMILES string of the molecule is CCn1cc(-c2ccc(=S)[nH]n2)cn1. The molecule has 0 amide bonds. The molecule has 0 fully saturated rings. The molecule has 0 aromatic carbocycles. The molecule has 0 aliphatic heterocycles. The highest BCUT2D eigenvalue weighted by atomic mass is 32.1. The van der Waals surface area contributed by atoms with Crippen LogP contribution < -0.4 is 0 Å². The van der Waals surface area contributed by atoms with Gasteiger partial charge in [-0.3, -0.25) is 9.78 Å². The first-order chi connectivity index (χ1) is 6.79. The lowest BCUT2D eigenvalue weighted by atomic mass is 10.2. The molecule has 0 saturated carbocycles. The van der Waals surface area contributed by atoms with Crippen LogP contribution in [0, 0.1) is 4.64 Å². The smallest absolute Gasteiger partial charge is 0.119 e. The molecule has 0 saturated heterocycles. The summed E-state index contributed by atoms with van der Waals surface area (Å²) in [5.41, 5.74) is 1.86. The Balaban J connectivity index is 2.39. The van der Waals surface area contributed by atoms with Gasteiger partial charge < -0.3 is 0 Å². The Morgan fingerprint density at radius 2 is 2.36 bits per heavy atom. The second kappa shape index (κ2) is 3.71. The van der Waals surface area contributed by atoms with Crippen molar-refractivity contribution in [2.75, 3.05) is 0 Å². The first kappa shape index (κ1) is 9.08. The van der Waals surface area contributed by atoms with Crippen molar-refractivity contribution in [1.82, 2.24) is 20.0 Å². The molecule has 2 aromatic rings. The van der Waals surface area contributed by atoms with Gasteiger partial charge in [-0.05, 0) is 19.1 Å². The van der Waals surface area contributed by atoms with Crippen LogP contribution in [0.15, 0.2) is 24.5 Å². The predicted molar refractivity (Wildman–Crippen MR) is 56.3 cm³/mol. The van der Waals surface area contributed by atoms with E-state index in [-0.39, 0.29) is 0 Å². The monoisotopic (exact) mass is 206 g/mol. The van der Waals surface area contributed by atoms with Crippen LogP contribution in [-0.2, 0) is 6.54 Å². The summed E-state index contributed by atoms with van der Waals surface area (Å²) in [5.74, 6) is 0. The summed E-state index contributed by atoms with van der Waals surface area (Å²) >= 11 is 4.91. The molecule has 2 heterocycles. The Morgan fingerprint density at radius 3 is 2.93 bits per heavy atom. The van der Waals surface area contributed by atoms with E-state index in [1.807, 2.05) is 29.9 Å². The molecule has 72 valence electrons. The number of nitrogens with one attached hydrogen (secondary N) is 1. The van der Waals surface area contributed by atoms with Crippen molar-refractivity contribution in [3.63, 3.8) is 0 Å². The molecule has 4 nitrogen and oxygen atoms in total. The Hall–Kier alpha value is -1.49. The van der Waals surface area contributed by atoms with Crippen LogP contribution in [0.4, 0.5) is 0 Å². The summed E-state index contributed by atoms with van der Waals surface area (Å²) in [7, 11) is 0. The normalized spacial score (nSPS) is 10.4. The van der Waals surface area contributed by atoms with Crippen molar-refractivity contribution in [2.45, 2.75) is 13.5 Å². The zero-order valence-electron chi connectivity index (χ0n) is 7.77. The summed E-state index contributed by atoms with van der Waals surface area (Å²) in [4.78, 5) is 0. The third kappa shape index (κ3) is 1.72. The molecule has 2 aromatic heterocycles. The number of aromatic amines is 1. The van der Waals surface area contributed by atoms with Gasteiger partial charge in [-0.25, -0.2) is 0 Å². The van der Waals surface area contributed by atoms with Crippen LogP contribution in [-0.4, -0.2) is 20.0 Å². The predicted octanol–water partition coefficient (Wildman–Crippen LogP) is 2.02. The second-order valence-electron chi connectivity index (χ2n) is 2.89. The largest absolute Gasteiger partial charge is 0.272 e. The van der Waals surface area contributed by atoms with E-state index in [4.69, 9.17) is 12.2 Å². The average molecular weight is 206 g/mol. The fraction of sp³-hybridized carbons (Fsp3) is 0.222. The zero-order valence-corrected chi connectivity index (χ0v) is 8.58. The lowest BCUT2D eigenvalue weighted by molar-refractivity contribution is 0.660. The quantitative estimate of drug-likeness (QED) is 0.765. The minimum atomic E-state index is 0.636. The van der Waals surface area contributed by atoms with Gasteiger partial charge in [-0.2, -0.15) is 10.2 Å². The van der Waals surface area contributed by atoms with E-state index in [0.29, 0.717) is 4.64 Å². The van der Waals surface area contributed by atoms with Gasteiger partial charge in [-0.1, -0.05) is 12.2 Å². The summed E-state index contributed by atoms with van der Waals surface area (Å²) in [5, 5.41) is 11.0. The lowest BCUT2D eigenvalue weighted by Gasteiger charge is -1.94. The Bertz CT molecular complexity index is 465. The summed E-state index contributed by atoms with van der Waals surface area (Å²) in [6.45, 7) is 2.91. The highest BCUT2D eigenvalue weighted by molar-refractivity contribution is 7.71. The Morgan fingerprint density at radius 1 is 1.50 bits per heavy atom. The number of hydrogen-bond acceptors (Lipinski definition) is 3. The van der Waals surface area contributed by atoms with E-state index < -0.39 is 0 Å². The van der Waals surface area contributed by atoms with E-state index in [9.17, 15) is 0 Å². The minimum Gasteiger partial charge on any atom is -0.272 e. The molecule has 0 spiro atoms. The van der Waals surface area contributed by atoms with Crippen molar-refractivity contribution >= 4 is 12.2 Å². The molecule has 0 bridgehead atoms. The van der Waals surface area contributed by atoms with Crippen LogP contribution in [0.25, 0.3) is 11.3 Å². The second-order valence-corrected chi connectivity index (χ2v) is 3.33. The maximum absolute atomic E-state index is 4.91. The van der Waals surface area contributed by atoms with Crippen molar-refractivity contribution < 1.29 is 0 Å². The van der Waals surface area contributed by atoms with Crippen LogP contribution in [0.2, 0.25) is 0 Å².